The lowest BCUT2D eigenvalue weighted by Crippen LogP contribution is -2.38. The molecule has 0 unspecified atom stereocenters. The van der Waals surface area contributed by atoms with Gasteiger partial charge >= 0.3 is 6.03 Å². The number of imidazole rings is 1. The number of amides is 2. The summed E-state index contributed by atoms with van der Waals surface area (Å²) >= 11 is 0. The summed E-state index contributed by atoms with van der Waals surface area (Å²) in [5.74, 6) is 2.26. The highest BCUT2D eigenvalue weighted by molar-refractivity contribution is 5.94. The van der Waals surface area contributed by atoms with E-state index in [0.717, 1.165) is 29.9 Å². The molecule has 3 aromatic heterocycles. The fraction of sp³-hybridized carbons (Fsp3) is 0.409. The number of hydrogen-bond acceptors (Lipinski definition) is 6. The monoisotopic (exact) mass is 418 g/mol. The molecule has 1 saturated heterocycles. The molecule has 0 spiro atoms. The zero-order valence-corrected chi connectivity index (χ0v) is 17.9. The maximum absolute atomic E-state index is 12.4. The quantitative estimate of drug-likeness (QED) is 0.638. The van der Waals surface area contributed by atoms with E-state index < -0.39 is 0 Å². The van der Waals surface area contributed by atoms with Gasteiger partial charge in [-0.2, -0.15) is 4.98 Å². The Kier molecular flexibility index (Phi) is 4.60. The predicted molar refractivity (Wildman–Crippen MR) is 117 cm³/mol. The van der Waals surface area contributed by atoms with Crippen molar-refractivity contribution < 1.29 is 4.79 Å². The van der Waals surface area contributed by atoms with Crippen LogP contribution in [0.4, 0.5) is 16.6 Å². The van der Waals surface area contributed by atoms with Crippen molar-refractivity contribution in [3.8, 4) is 5.82 Å². The number of urea groups is 1. The van der Waals surface area contributed by atoms with Crippen molar-refractivity contribution in [1.82, 2.24) is 29.8 Å². The number of rotatable bonds is 6. The van der Waals surface area contributed by atoms with Gasteiger partial charge < -0.3 is 10.6 Å². The largest absolute Gasteiger partial charge is 0.343 e. The smallest absolute Gasteiger partial charge is 0.323 e. The summed E-state index contributed by atoms with van der Waals surface area (Å²) < 4.78 is 1.93. The zero-order valence-electron chi connectivity index (χ0n) is 17.9. The Balaban J connectivity index is 1.38. The van der Waals surface area contributed by atoms with Crippen LogP contribution >= 0.6 is 0 Å². The molecule has 31 heavy (non-hydrogen) atoms. The summed E-state index contributed by atoms with van der Waals surface area (Å²) in [5, 5.41) is 6.38. The van der Waals surface area contributed by atoms with Gasteiger partial charge in [0, 0.05) is 25.1 Å². The third-order valence-electron chi connectivity index (χ3n) is 6.00. The van der Waals surface area contributed by atoms with E-state index in [2.05, 4.69) is 44.4 Å². The third kappa shape index (κ3) is 3.60. The van der Waals surface area contributed by atoms with E-state index in [0.29, 0.717) is 24.2 Å². The van der Waals surface area contributed by atoms with Crippen LogP contribution in [-0.2, 0) is 5.54 Å². The van der Waals surface area contributed by atoms with E-state index in [9.17, 15) is 4.79 Å². The van der Waals surface area contributed by atoms with Gasteiger partial charge in [0.1, 0.15) is 18.0 Å². The fourth-order valence-corrected chi connectivity index (χ4v) is 3.96. The van der Waals surface area contributed by atoms with Gasteiger partial charge in [-0.3, -0.25) is 9.47 Å². The third-order valence-corrected chi connectivity index (χ3v) is 6.00. The van der Waals surface area contributed by atoms with Gasteiger partial charge in [0.25, 0.3) is 0 Å². The van der Waals surface area contributed by atoms with Gasteiger partial charge in [0.05, 0.1) is 17.3 Å². The molecule has 9 nitrogen and oxygen atoms in total. The molecule has 2 aliphatic rings. The molecule has 2 fully saturated rings. The highest BCUT2D eigenvalue weighted by Gasteiger charge is 2.47. The van der Waals surface area contributed by atoms with Crippen LogP contribution in [0.5, 0.6) is 0 Å². The Labute approximate surface area is 181 Å². The van der Waals surface area contributed by atoms with Crippen LogP contribution in [0.25, 0.3) is 5.82 Å². The van der Waals surface area contributed by atoms with Gasteiger partial charge in [-0.05, 0) is 43.4 Å². The Bertz CT molecular complexity index is 1100. The van der Waals surface area contributed by atoms with Crippen molar-refractivity contribution in [2.24, 2.45) is 5.92 Å². The average molecular weight is 419 g/mol. The number of aromatic nitrogens is 5. The molecule has 160 valence electrons. The second-order valence-corrected chi connectivity index (χ2v) is 8.67. The van der Waals surface area contributed by atoms with Gasteiger partial charge in [0.15, 0.2) is 0 Å². The summed E-state index contributed by atoms with van der Waals surface area (Å²) in [6.07, 6.45) is 9.21. The van der Waals surface area contributed by atoms with Crippen LogP contribution in [0.2, 0.25) is 0 Å². The fourth-order valence-electron chi connectivity index (χ4n) is 3.96. The summed E-state index contributed by atoms with van der Waals surface area (Å²) in [7, 11) is 0. The minimum absolute atomic E-state index is 0.0721. The molecular formula is C22H26N8O. The van der Waals surface area contributed by atoms with Gasteiger partial charge in [-0.1, -0.05) is 19.9 Å². The molecule has 1 saturated carbocycles. The van der Waals surface area contributed by atoms with Gasteiger partial charge in [-0.15, -0.1) is 0 Å². The van der Waals surface area contributed by atoms with Crippen molar-refractivity contribution in [1.29, 1.82) is 0 Å². The second-order valence-electron chi connectivity index (χ2n) is 8.67. The zero-order chi connectivity index (χ0) is 21.6. The number of carbonyl (C=O) groups is 1. The van der Waals surface area contributed by atoms with Crippen LogP contribution < -0.4 is 15.5 Å². The van der Waals surface area contributed by atoms with Crippen molar-refractivity contribution >= 4 is 17.8 Å². The van der Waals surface area contributed by atoms with Crippen LogP contribution in [0.15, 0.2) is 43.1 Å². The van der Waals surface area contributed by atoms with E-state index in [4.69, 9.17) is 0 Å². The second kappa shape index (κ2) is 7.33. The average Bonchev–Trinajstić information content (AvgIpc) is 3.18. The minimum Gasteiger partial charge on any atom is -0.343 e. The molecule has 0 bridgehead atoms. The molecule has 4 heterocycles. The SMILES string of the molecule is Cc1ccc(-n2cnc(C3(Nc4nccc(N5C(=O)NC[C@@H]5C(C)C)n4)CC3)c2)nc1. The predicted octanol–water partition coefficient (Wildman–Crippen LogP) is 3.02. The number of pyridine rings is 1. The standard InChI is InChI=1S/C22H26N8O/c1-14(2)16-11-25-21(31)30(16)19-6-9-23-20(27-19)28-22(7-8-22)17-12-29(13-26-17)18-5-4-15(3)10-24-18/h4-6,9-10,12-14,16H,7-8,11H2,1-3H3,(H,25,31)(H,23,27,28)/t16-/m1/s1. The Morgan fingerprint density at radius 3 is 2.71 bits per heavy atom. The molecular weight excluding hydrogens is 392 g/mol. The van der Waals surface area contributed by atoms with E-state index in [1.807, 2.05) is 36.0 Å². The number of nitrogens with one attached hydrogen (secondary N) is 2. The lowest BCUT2D eigenvalue weighted by atomic mass is 10.0. The molecule has 0 aromatic carbocycles. The van der Waals surface area contributed by atoms with E-state index in [1.54, 1.807) is 23.5 Å². The number of aryl methyl sites for hydroxylation is 1. The van der Waals surface area contributed by atoms with Gasteiger partial charge in [-0.25, -0.2) is 19.7 Å². The van der Waals surface area contributed by atoms with Crippen molar-refractivity contribution in [3.63, 3.8) is 0 Å². The van der Waals surface area contributed by atoms with Crippen LogP contribution in [0.1, 0.15) is 37.9 Å². The van der Waals surface area contributed by atoms with E-state index in [-0.39, 0.29) is 17.6 Å². The van der Waals surface area contributed by atoms with E-state index >= 15 is 0 Å². The summed E-state index contributed by atoms with van der Waals surface area (Å²) in [4.78, 5) is 32.3. The topological polar surface area (TPSA) is 101 Å². The molecule has 0 radical (unpaired) electrons. The van der Waals surface area contributed by atoms with Crippen molar-refractivity contribution in [2.45, 2.75) is 45.2 Å². The van der Waals surface area contributed by atoms with Crippen LogP contribution in [-0.4, -0.2) is 43.1 Å². The molecule has 1 atom stereocenters. The Morgan fingerprint density at radius 2 is 2.00 bits per heavy atom. The Morgan fingerprint density at radius 1 is 1.16 bits per heavy atom. The highest BCUT2D eigenvalue weighted by Crippen LogP contribution is 2.47. The summed E-state index contributed by atoms with van der Waals surface area (Å²) in [6, 6.07) is 5.75. The first-order chi connectivity index (χ1) is 14.9. The number of carbonyl (C=O) groups excluding carboxylic acids is 1. The van der Waals surface area contributed by atoms with Crippen LogP contribution in [0.3, 0.4) is 0 Å². The van der Waals surface area contributed by atoms with Crippen LogP contribution in [0, 0.1) is 12.8 Å². The number of nitrogens with zero attached hydrogens (tertiary/aromatic N) is 6. The van der Waals surface area contributed by atoms with E-state index in [1.165, 1.54) is 0 Å². The van der Waals surface area contributed by atoms with Gasteiger partial charge in [0.2, 0.25) is 5.95 Å². The lowest BCUT2D eigenvalue weighted by Gasteiger charge is -2.25. The normalized spacial score (nSPS) is 19.5. The first-order valence-electron chi connectivity index (χ1n) is 10.6. The molecule has 2 amide bonds. The summed E-state index contributed by atoms with van der Waals surface area (Å²) in [6.45, 7) is 6.85. The molecule has 5 rings (SSSR count). The van der Waals surface area contributed by atoms with Crippen molar-refractivity contribution in [2.75, 3.05) is 16.8 Å². The molecule has 2 N–H and O–H groups in total. The maximum atomic E-state index is 12.4. The summed E-state index contributed by atoms with van der Waals surface area (Å²) in [5.41, 5.74) is 1.76. The molecule has 3 aromatic rings. The Hall–Kier alpha value is -3.49. The molecule has 1 aliphatic carbocycles. The maximum Gasteiger partial charge on any atom is 0.323 e. The number of hydrogen-bond donors (Lipinski definition) is 2. The highest BCUT2D eigenvalue weighted by atomic mass is 16.2. The minimum atomic E-state index is -0.292. The first kappa shape index (κ1) is 19.5. The first-order valence-corrected chi connectivity index (χ1v) is 10.6. The number of anilines is 2. The molecule has 1 aliphatic heterocycles. The molecule has 9 heteroatoms. The van der Waals surface area contributed by atoms with Crippen molar-refractivity contribution in [3.05, 3.63) is 54.4 Å². The lowest BCUT2D eigenvalue weighted by molar-refractivity contribution is 0.251.